The van der Waals surface area contributed by atoms with Crippen molar-refractivity contribution < 1.29 is 29.3 Å². The number of aliphatic carboxylic acids is 1. The number of nitriles is 1. The summed E-state index contributed by atoms with van der Waals surface area (Å²) in [5.74, 6) is -1.28. The number of rotatable bonds is 13. The van der Waals surface area contributed by atoms with Gasteiger partial charge in [-0.15, -0.1) is 0 Å². The first-order chi connectivity index (χ1) is 22.0. The van der Waals surface area contributed by atoms with Crippen molar-refractivity contribution in [3.05, 3.63) is 125 Å². The average Bonchev–Trinajstić information content (AvgIpc) is 3.03. The summed E-state index contributed by atoms with van der Waals surface area (Å²) in [5, 5.41) is 33.6. The van der Waals surface area contributed by atoms with E-state index in [0.29, 0.717) is 17.9 Å². The minimum atomic E-state index is -1.18. The predicted octanol–water partition coefficient (Wildman–Crippen LogP) is 6.93. The normalized spacial score (nSPS) is 13.1. The molecule has 0 saturated heterocycles. The zero-order valence-electron chi connectivity index (χ0n) is 26.4. The van der Waals surface area contributed by atoms with Gasteiger partial charge >= 0.3 is 12.1 Å². The predicted molar refractivity (Wildman–Crippen MR) is 176 cm³/mol. The van der Waals surface area contributed by atoms with Gasteiger partial charge in [0.1, 0.15) is 18.0 Å². The van der Waals surface area contributed by atoms with Gasteiger partial charge in [-0.05, 0) is 86.1 Å². The number of aliphatic hydroxyl groups excluding tert-OH is 1. The Morgan fingerprint density at radius 3 is 2.07 bits per heavy atom. The zero-order chi connectivity index (χ0) is 33.1. The van der Waals surface area contributed by atoms with Gasteiger partial charge in [0.25, 0.3) is 0 Å². The van der Waals surface area contributed by atoms with E-state index in [1.54, 1.807) is 32.9 Å². The van der Waals surface area contributed by atoms with E-state index in [1.807, 2.05) is 91.0 Å². The molecular weight excluding hydrogens is 580 g/mol. The van der Waals surface area contributed by atoms with Gasteiger partial charge in [-0.3, -0.25) is 4.79 Å². The lowest BCUT2D eigenvalue weighted by atomic mass is 9.89. The second-order valence-electron chi connectivity index (χ2n) is 12.3. The van der Waals surface area contributed by atoms with E-state index in [9.17, 15) is 25.1 Å². The molecule has 8 nitrogen and oxygen atoms in total. The third kappa shape index (κ3) is 10.2. The number of carbonyl (C=O) groups excluding carboxylic acids is 1. The first kappa shape index (κ1) is 33.8. The third-order valence-electron chi connectivity index (χ3n) is 7.46. The van der Waals surface area contributed by atoms with Gasteiger partial charge in [0.2, 0.25) is 0 Å². The molecule has 0 bridgehead atoms. The standard InChI is InChI=1S/C38H40N2O6/c1-38(2,3)46-37(44)40-34(22-27-15-19-32(20-16-27)45-25-28-9-5-4-6-10-28)35(41)23-31(36(42)43)21-26-13-17-29(18-14-26)33-12-8-7-11-30(33)24-39/h4-20,31,34-35,41H,21-23,25H2,1-3H3,(H,40,44)(H,42,43)/t31-,34+,35+/m1/s1. The summed E-state index contributed by atoms with van der Waals surface area (Å²) in [6.45, 7) is 5.67. The number of alkyl carbamates (subject to hydrolysis) is 1. The number of carboxylic acid groups (broad SMARTS) is 1. The Labute approximate surface area is 270 Å². The van der Waals surface area contributed by atoms with Crippen LogP contribution < -0.4 is 10.1 Å². The minimum absolute atomic E-state index is 0.0902. The Kier molecular flexibility index (Phi) is 11.5. The Hall–Kier alpha value is -5.13. The highest BCUT2D eigenvalue weighted by atomic mass is 16.6. The highest BCUT2D eigenvalue weighted by Crippen LogP contribution is 2.26. The molecular formula is C38H40N2O6. The number of aliphatic hydroxyl groups is 1. The molecule has 238 valence electrons. The van der Waals surface area contributed by atoms with Gasteiger partial charge in [0.05, 0.1) is 29.7 Å². The van der Waals surface area contributed by atoms with Crippen LogP contribution in [0.1, 0.15) is 49.4 Å². The molecule has 0 aromatic heterocycles. The molecule has 0 saturated carbocycles. The van der Waals surface area contributed by atoms with Crippen LogP contribution in [0.25, 0.3) is 11.1 Å². The Morgan fingerprint density at radius 2 is 1.43 bits per heavy atom. The molecule has 4 rings (SSSR count). The molecule has 0 fully saturated rings. The topological polar surface area (TPSA) is 129 Å². The number of carbonyl (C=O) groups is 2. The minimum Gasteiger partial charge on any atom is -0.489 e. The van der Waals surface area contributed by atoms with Gasteiger partial charge in [0, 0.05) is 0 Å². The van der Waals surface area contributed by atoms with Crippen molar-refractivity contribution in [1.29, 1.82) is 5.26 Å². The van der Waals surface area contributed by atoms with Crippen molar-refractivity contribution in [2.75, 3.05) is 0 Å². The Morgan fingerprint density at radius 1 is 0.826 bits per heavy atom. The molecule has 0 aliphatic heterocycles. The molecule has 0 heterocycles. The highest BCUT2D eigenvalue weighted by Gasteiger charge is 2.30. The fourth-order valence-electron chi connectivity index (χ4n) is 5.12. The fourth-order valence-corrected chi connectivity index (χ4v) is 5.12. The number of carboxylic acids is 1. The number of hydrogen-bond donors (Lipinski definition) is 3. The maximum absolute atomic E-state index is 12.7. The van der Waals surface area contributed by atoms with Gasteiger partial charge in [-0.1, -0.05) is 84.9 Å². The third-order valence-corrected chi connectivity index (χ3v) is 7.46. The van der Waals surface area contributed by atoms with Crippen LogP contribution in [0.2, 0.25) is 0 Å². The van der Waals surface area contributed by atoms with Gasteiger partial charge in [0.15, 0.2) is 0 Å². The summed E-state index contributed by atoms with van der Waals surface area (Å²) in [6, 6.07) is 33.3. The zero-order valence-corrected chi connectivity index (χ0v) is 26.4. The smallest absolute Gasteiger partial charge is 0.407 e. The number of nitrogens with zero attached hydrogens (tertiary/aromatic N) is 1. The van der Waals surface area contributed by atoms with E-state index in [0.717, 1.165) is 27.8 Å². The molecule has 0 unspecified atom stereocenters. The molecule has 3 N–H and O–H groups in total. The lowest BCUT2D eigenvalue weighted by Gasteiger charge is -2.28. The molecule has 8 heteroatoms. The maximum atomic E-state index is 12.7. The van der Waals surface area contributed by atoms with E-state index in [2.05, 4.69) is 11.4 Å². The van der Waals surface area contributed by atoms with E-state index >= 15 is 0 Å². The van der Waals surface area contributed by atoms with Crippen LogP contribution in [0.15, 0.2) is 103 Å². The summed E-state index contributed by atoms with van der Waals surface area (Å²) in [6.07, 6.45) is -1.53. The van der Waals surface area contributed by atoms with Crippen LogP contribution in [0.3, 0.4) is 0 Å². The van der Waals surface area contributed by atoms with Crippen LogP contribution in [-0.2, 0) is 29.0 Å². The maximum Gasteiger partial charge on any atom is 0.407 e. The van der Waals surface area contributed by atoms with Crippen LogP contribution in [-0.4, -0.2) is 40.0 Å². The summed E-state index contributed by atoms with van der Waals surface area (Å²) in [5.41, 5.74) is 4.11. The molecule has 1 amide bonds. The Balaban J connectivity index is 1.45. The SMILES string of the molecule is CC(C)(C)OC(=O)N[C@@H](Cc1ccc(OCc2ccccc2)cc1)[C@@H](O)C[C@@H](Cc1ccc(-c2ccccc2C#N)cc1)C(=O)O. The summed E-state index contributed by atoms with van der Waals surface area (Å²) >= 11 is 0. The van der Waals surface area contributed by atoms with Crippen molar-refractivity contribution in [3.8, 4) is 22.9 Å². The lowest BCUT2D eigenvalue weighted by Crippen LogP contribution is -2.47. The summed E-state index contributed by atoms with van der Waals surface area (Å²) in [4.78, 5) is 25.1. The molecule has 3 atom stereocenters. The van der Waals surface area contributed by atoms with Crippen LogP contribution in [0.5, 0.6) is 5.75 Å². The lowest BCUT2D eigenvalue weighted by molar-refractivity contribution is -0.143. The summed E-state index contributed by atoms with van der Waals surface area (Å²) < 4.78 is 11.3. The fraction of sp³-hybridized carbons (Fsp3) is 0.289. The number of benzene rings is 4. The van der Waals surface area contributed by atoms with Crippen LogP contribution in [0, 0.1) is 17.2 Å². The number of amides is 1. The Bertz CT molecular complexity index is 1620. The van der Waals surface area contributed by atoms with Gasteiger partial charge in [-0.2, -0.15) is 5.26 Å². The van der Waals surface area contributed by atoms with Crippen molar-refractivity contribution in [1.82, 2.24) is 5.32 Å². The quantitative estimate of drug-likeness (QED) is 0.148. The molecule has 4 aromatic rings. The van der Waals surface area contributed by atoms with Gasteiger partial charge in [-0.25, -0.2) is 4.79 Å². The van der Waals surface area contributed by atoms with Crippen molar-refractivity contribution in [2.45, 2.75) is 64.4 Å². The molecule has 0 aliphatic carbocycles. The van der Waals surface area contributed by atoms with E-state index in [4.69, 9.17) is 9.47 Å². The second-order valence-corrected chi connectivity index (χ2v) is 12.3. The van der Waals surface area contributed by atoms with E-state index in [-0.39, 0.29) is 19.3 Å². The summed E-state index contributed by atoms with van der Waals surface area (Å²) in [7, 11) is 0. The van der Waals surface area contributed by atoms with Crippen molar-refractivity contribution >= 4 is 12.1 Å². The first-order valence-electron chi connectivity index (χ1n) is 15.2. The van der Waals surface area contributed by atoms with Crippen LogP contribution >= 0.6 is 0 Å². The molecule has 46 heavy (non-hydrogen) atoms. The molecule has 0 radical (unpaired) electrons. The average molecular weight is 621 g/mol. The van der Waals surface area contributed by atoms with E-state index < -0.39 is 35.7 Å². The number of ether oxygens (including phenoxy) is 2. The monoisotopic (exact) mass is 620 g/mol. The van der Waals surface area contributed by atoms with Crippen LogP contribution in [0.4, 0.5) is 4.79 Å². The van der Waals surface area contributed by atoms with Crippen molar-refractivity contribution in [3.63, 3.8) is 0 Å². The largest absolute Gasteiger partial charge is 0.489 e. The molecule has 0 aliphatic rings. The highest BCUT2D eigenvalue weighted by molar-refractivity contribution is 5.72. The second kappa shape index (κ2) is 15.7. The molecule has 0 spiro atoms. The van der Waals surface area contributed by atoms with Gasteiger partial charge < -0.3 is 25.0 Å². The molecule has 4 aromatic carbocycles. The first-order valence-corrected chi connectivity index (χ1v) is 15.2. The van der Waals surface area contributed by atoms with Crippen molar-refractivity contribution in [2.24, 2.45) is 5.92 Å². The number of nitrogens with one attached hydrogen (secondary N) is 1. The number of hydrogen-bond acceptors (Lipinski definition) is 6. The van der Waals surface area contributed by atoms with E-state index in [1.165, 1.54) is 0 Å².